The number of carbonyl (C=O) groups excluding carboxylic acids is 2. The zero-order valence-corrected chi connectivity index (χ0v) is 17.4. The molecule has 5 nitrogen and oxygen atoms in total. The van der Waals surface area contributed by atoms with E-state index in [0.29, 0.717) is 12.1 Å². The fourth-order valence-electron chi connectivity index (χ4n) is 3.99. The number of aromatic nitrogens is 1. The minimum atomic E-state index is -0.609. The van der Waals surface area contributed by atoms with Crippen molar-refractivity contribution in [3.05, 3.63) is 63.5 Å². The van der Waals surface area contributed by atoms with Gasteiger partial charge in [0.15, 0.2) is 0 Å². The van der Waals surface area contributed by atoms with Crippen LogP contribution in [0.2, 0.25) is 0 Å². The topological polar surface area (TPSA) is 73.4 Å². The fraction of sp³-hybridized carbons (Fsp3) is 0.304. The average molecular weight is 409 g/mol. The summed E-state index contributed by atoms with van der Waals surface area (Å²) in [7, 11) is 0. The number of rotatable bonds is 6. The van der Waals surface area contributed by atoms with Gasteiger partial charge in [-0.2, -0.15) is 0 Å². The van der Waals surface area contributed by atoms with Crippen LogP contribution < -0.4 is 0 Å². The van der Waals surface area contributed by atoms with Crippen LogP contribution in [0, 0.1) is 6.92 Å². The van der Waals surface area contributed by atoms with E-state index in [4.69, 9.17) is 0 Å². The summed E-state index contributed by atoms with van der Waals surface area (Å²) in [6, 6.07) is 9.04. The second kappa shape index (κ2) is 7.87. The van der Waals surface area contributed by atoms with Gasteiger partial charge in [0.05, 0.1) is 11.6 Å². The number of nitrogens with zero attached hydrogens (tertiary/aromatic N) is 1. The van der Waals surface area contributed by atoms with E-state index < -0.39 is 17.7 Å². The van der Waals surface area contributed by atoms with Gasteiger partial charge in [0, 0.05) is 34.1 Å². The van der Waals surface area contributed by atoms with Gasteiger partial charge in [-0.15, -0.1) is 11.3 Å². The second-order valence-electron chi connectivity index (χ2n) is 7.42. The highest BCUT2D eigenvalue weighted by molar-refractivity contribution is 7.10. The van der Waals surface area contributed by atoms with Crippen molar-refractivity contribution in [2.24, 2.45) is 0 Å². The number of fused-ring (bicyclic) bond motifs is 1. The lowest BCUT2D eigenvalue weighted by atomic mass is 9.98. The second-order valence-corrected chi connectivity index (χ2v) is 8.36. The van der Waals surface area contributed by atoms with Gasteiger partial charge in [-0.1, -0.05) is 38.0 Å². The molecule has 1 atom stereocenters. The molecule has 0 radical (unpaired) electrons. The number of unbranched alkanes of at least 4 members (excludes halogenated alkanes) is 2. The van der Waals surface area contributed by atoms with Crippen molar-refractivity contribution in [1.29, 1.82) is 0 Å². The Morgan fingerprint density at radius 1 is 1.21 bits per heavy atom. The molecular formula is C23H24N2O3S. The molecule has 1 saturated heterocycles. The summed E-state index contributed by atoms with van der Waals surface area (Å²) in [5.74, 6) is -1.25. The van der Waals surface area contributed by atoms with Crippen LogP contribution >= 0.6 is 11.3 Å². The van der Waals surface area contributed by atoms with E-state index in [-0.39, 0.29) is 11.3 Å². The number of nitrogens with one attached hydrogen (secondary N) is 1. The predicted octanol–water partition coefficient (Wildman–Crippen LogP) is 5.15. The fourth-order valence-corrected chi connectivity index (χ4v) is 5.04. The van der Waals surface area contributed by atoms with E-state index in [1.165, 1.54) is 11.3 Å². The first-order chi connectivity index (χ1) is 14.0. The van der Waals surface area contributed by atoms with Crippen LogP contribution in [0.5, 0.6) is 0 Å². The maximum Gasteiger partial charge on any atom is 0.295 e. The molecule has 2 N–H and O–H groups in total. The highest BCUT2D eigenvalue weighted by atomic mass is 32.1. The molecule has 1 amide bonds. The summed E-state index contributed by atoms with van der Waals surface area (Å²) < 4.78 is 0. The highest BCUT2D eigenvalue weighted by Crippen LogP contribution is 2.43. The Labute approximate surface area is 173 Å². The third-order valence-electron chi connectivity index (χ3n) is 5.54. The van der Waals surface area contributed by atoms with Gasteiger partial charge >= 0.3 is 0 Å². The monoisotopic (exact) mass is 408 g/mol. The SMILES string of the molecule is CCCCCN1C(=O)C(=O)/C(=C(/O)c2c[nH]c3ccccc23)C1c1sccc1C. The summed E-state index contributed by atoms with van der Waals surface area (Å²) in [6.07, 6.45) is 4.55. The number of ketones is 1. The van der Waals surface area contributed by atoms with Crippen LogP contribution in [0.25, 0.3) is 16.7 Å². The van der Waals surface area contributed by atoms with E-state index in [0.717, 1.165) is 40.6 Å². The van der Waals surface area contributed by atoms with Crippen molar-refractivity contribution in [3.8, 4) is 0 Å². The van der Waals surface area contributed by atoms with Gasteiger partial charge in [-0.05, 0) is 36.4 Å². The molecule has 29 heavy (non-hydrogen) atoms. The standard InChI is InChI=1S/C23H24N2O3S/c1-3-4-7-11-25-19(22-14(2)10-12-29-22)18(21(27)23(25)28)20(26)16-13-24-17-9-6-5-8-15(16)17/h5-6,8-10,12-13,19,24,26H,3-4,7,11H2,1-2H3/b20-18+. The number of aliphatic hydroxyl groups excluding tert-OH is 1. The molecule has 3 heterocycles. The number of H-pyrrole nitrogens is 1. The molecule has 1 fully saturated rings. The normalized spacial score (nSPS) is 18.8. The number of aromatic amines is 1. The number of Topliss-reactive ketones (excluding diaryl/α,β-unsaturated/α-hetero) is 1. The molecule has 1 aliphatic heterocycles. The third-order valence-corrected chi connectivity index (χ3v) is 6.61. The number of carbonyl (C=O) groups is 2. The first-order valence-electron chi connectivity index (χ1n) is 9.93. The molecule has 4 rings (SSSR count). The Hall–Kier alpha value is -2.86. The Balaban J connectivity index is 1.87. The Morgan fingerprint density at radius 3 is 2.72 bits per heavy atom. The number of aliphatic hydroxyl groups is 1. The molecule has 1 unspecified atom stereocenters. The van der Waals surface area contributed by atoms with Crippen LogP contribution in [0.4, 0.5) is 0 Å². The smallest absolute Gasteiger partial charge is 0.295 e. The average Bonchev–Trinajstić information content (AvgIpc) is 3.40. The minimum Gasteiger partial charge on any atom is -0.507 e. The molecule has 1 aliphatic rings. The number of benzene rings is 1. The molecule has 0 spiro atoms. The van der Waals surface area contributed by atoms with Gasteiger partial charge < -0.3 is 15.0 Å². The lowest BCUT2D eigenvalue weighted by Gasteiger charge is -2.24. The molecule has 3 aromatic rings. The molecule has 6 heteroatoms. The van der Waals surface area contributed by atoms with Crippen molar-refractivity contribution >= 4 is 39.7 Å². The molecule has 0 aliphatic carbocycles. The van der Waals surface area contributed by atoms with Crippen molar-refractivity contribution in [2.45, 2.75) is 39.2 Å². The minimum absolute atomic E-state index is 0.114. The van der Waals surface area contributed by atoms with E-state index in [9.17, 15) is 14.7 Å². The molecule has 2 aromatic heterocycles. The van der Waals surface area contributed by atoms with Crippen molar-refractivity contribution in [3.63, 3.8) is 0 Å². The van der Waals surface area contributed by atoms with Gasteiger partial charge in [0.25, 0.3) is 11.7 Å². The highest BCUT2D eigenvalue weighted by Gasteiger charge is 2.46. The maximum absolute atomic E-state index is 13.0. The third kappa shape index (κ3) is 3.27. The number of hydrogen-bond donors (Lipinski definition) is 2. The van der Waals surface area contributed by atoms with E-state index >= 15 is 0 Å². The van der Waals surface area contributed by atoms with Crippen molar-refractivity contribution < 1.29 is 14.7 Å². The lowest BCUT2D eigenvalue weighted by Crippen LogP contribution is -2.30. The maximum atomic E-state index is 13.0. The summed E-state index contributed by atoms with van der Waals surface area (Å²) in [6.45, 7) is 4.58. The summed E-state index contributed by atoms with van der Waals surface area (Å²) in [5.41, 5.74) is 2.62. The van der Waals surface area contributed by atoms with Crippen LogP contribution in [-0.4, -0.2) is 33.2 Å². The summed E-state index contributed by atoms with van der Waals surface area (Å²) in [4.78, 5) is 31.6. The first-order valence-corrected chi connectivity index (χ1v) is 10.8. The number of aryl methyl sites for hydroxylation is 1. The van der Waals surface area contributed by atoms with Crippen LogP contribution in [0.15, 0.2) is 47.5 Å². The molecule has 1 aromatic carbocycles. The van der Waals surface area contributed by atoms with Gasteiger partial charge in [0.2, 0.25) is 0 Å². The van der Waals surface area contributed by atoms with E-state index in [1.54, 1.807) is 11.1 Å². The number of amides is 1. The molecular weight excluding hydrogens is 384 g/mol. The molecule has 0 bridgehead atoms. The van der Waals surface area contributed by atoms with Crippen molar-refractivity contribution in [1.82, 2.24) is 9.88 Å². The molecule has 0 saturated carbocycles. The van der Waals surface area contributed by atoms with E-state index in [1.807, 2.05) is 42.6 Å². The number of hydrogen-bond acceptors (Lipinski definition) is 4. The number of para-hydroxylation sites is 1. The van der Waals surface area contributed by atoms with Crippen molar-refractivity contribution in [2.75, 3.05) is 6.54 Å². The predicted molar refractivity (Wildman–Crippen MR) is 116 cm³/mol. The van der Waals surface area contributed by atoms with Crippen LogP contribution in [-0.2, 0) is 9.59 Å². The van der Waals surface area contributed by atoms with Gasteiger partial charge in [0.1, 0.15) is 5.76 Å². The largest absolute Gasteiger partial charge is 0.507 e. The lowest BCUT2D eigenvalue weighted by molar-refractivity contribution is -0.139. The van der Waals surface area contributed by atoms with E-state index in [2.05, 4.69) is 11.9 Å². The van der Waals surface area contributed by atoms with Crippen LogP contribution in [0.1, 0.15) is 48.2 Å². The zero-order chi connectivity index (χ0) is 20.5. The van der Waals surface area contributed by atoms with Gasteiger partial charge in [-0.25, -0.2) is 0 Å². The summed E-state index contributed by atoms with van der Waals surface area (Å²) in [5, 5.41) is 14.0. The zero-order valence-electron chi connectivity index (χ0n) is 16.6. The first kappa shape index (κ1) is 19.5. The van der Waals surface area contributed by atoms with Crippen LogP contribution in [0.3, 0.4) is 0 Å². The quantitative estimate of drug-likeness (QED) is 0.256. The van der Waals surface area contributed by atoms with Gasteiger partial charge in [-0.3, -0.25) is 9.59 Å². The number of likely N-dealkylation sites (tertiary alicyclic amines) is 1. The summed E-state index contributed by atoms with van der Waals surface area (Å²) >= 11 is 1.52. The Kier molecular flexibility index (Phi) is 5.28. The number of thiophene rings is 1. The molecule has 150 valence electrons. The Bertz CT molecular complexity index is 1110. The Morgan fingerprint density at radius 2 is 2.00 bits per heavy atom.